The van der Waals surface area contributed by atoms with Crippen LogP contribution in [-0.2, 0) is 6.54 Å². The number of carbonyl (C=O) groups is 1. The molecule has 0 spiro atoms. The molecule has 0 fully saturated rings. The van der Waals surface area contributed by atoms with Crippen molar-refractivity contribution < 1.29 is 28.2 Å². The second kappa shape index (κ2) is 5.78. The molecule has 0 saturated heterocycles. The molecule has 0 aromatic carbocycles. The van der Waals surface area contributed by atoms with Crippen molar-refractivity contribution in [2.75, 3.05) is 6.54 Å². The van der Waals surface area contributed by atoms with Gasteiger partial charge in [0, 0.05) is 19.3 Å². The maximum atomic E-state index is 11.9. The normalized spacial score (nSPS) is 13.3. The number of alkyl halides is 3. The molecule has 3 N–H and O–H groups in total. The molecule has 1 aromatic heterocycles. The van der Waals surface area contributed by atoms with Gasteiger partial charge in [0.2, 0.25) is 0 Å². The molecule has 0 bridgehead atoms. The first kappa shape index (κ1) is 14.4. The average Bonchev–Trinajstić information content (AvgIpc) is 2.28. The number of aromatic carboxylic acids is 1. The predicted octanol–water partition coefficient (Wildman–Crippen LogP) is 0.793. The second-order valence-corrected chi connectivity index (χ2v) is 3.53. The van der Waals surface area contributed by atoms with Gasteiger partial charge in [-0.25, -0.2) is 4.79 Å². The molecule has 1 rings (SSSR count). The summed E-state index contributed by atoms with van der Waals surface area (Å²) in [6.07, 6.45) is -5.98. The molecule has 0 aliphatic carbocycles. The van der Waals surface area contributed by atoms with Gasteiger partial charge in [-0.05, 0) is 12.1 Å². The lowest BCUT2D eigenvalue weighted by molar-refractivity contribution is -0.201. The SMILES string of the molecule is O=C(O)c1ccc(CNCC(O)C(F)(F)F)nc1. The summed E-state index contributed by atoms with van der Waals surface area (Å²) in [6, 6.07) is 2.68. The Morgan fingerprint density at radius 3 is 2.56 bits per heavy atom. The van der Waals surface area contributed by atoms with E-state index in [4.69, 9.17) is 10.2 Å². The summed E-state index contributed by atoms with van der Waals surface area (Å²) in [5.74, 6) is -1.13. The largest absolute Gasteiger partial charge is 0.478 e. The zero-order valence-electron chi connectivity index (χ0n) is 9.11. The molecule has 1 aromatic rings. The number of pyridine rings is 1. The van der Waals surface area contributed by atoms with E-state index in [0.29, 0.717) is 5.69 Å². The van der Waals surface area contributed by atoms with Gasteiger partial charge < -0.3 is 15.5 Å². The number of halogens is 3. The highest BCUT2D eigenvalue weighted by molar-refractivity contribution is 5.87. The highest BCUT2D eigenvalue weighted by Gasteiger charge is 2.37. The average molecular weight is 264 g/mol. The number of aliphatic hydroxyl groups excluding tert-OH is 1. The Hall–Kier alpha value is -1.67. The molecule has 1 heterocycles. The van der Waals surface area contributed by atoms with Crippen molar-refractivity contribution >= 4 is 5.97 Å². The topological polar surface area (TPSA) is 82.5 Å². The lowest BCUT2D eigenvalue weighted by Crippen LogP contribution is -2.38. The van der Waals surface area contributed by atoms with E-state index in [9.17, 15) is 18.0 Å². The van der Waals surface area contributed by atoms with Crippen LogP contribution in [0.5, 0.6) is 0 Å². The summed E-state index contributed by atoms with van der Waals surface area (Å²) < 4.78 is 35.8. The summed E-state index contributed by atoms with van der Waals surface area (Å²) >= 11 is 0. The van der Waals surface area contributed by atoms with E-state index in [1.165, 1.54) is 12.1 Å². The number of nitrogens with one attached hydrogen (secondary N) is 1. The van der Waals surface area contributed by atoms with Crippen LogP contribution < -0.4 is 5.32 Å². The molecular weight excluding hydrogens is 253 g/mol. The zero-order valence-corrected chi connectivity index (χ0v) is 9.11. The number of hydrogen-bond donors (Lipinski definition) is 3. The fourth-order valence-electron chi connectivity index (χ4n) is 1.11. The van der Waals surface area contributed by atoms with E-state index >= 15 is 0 Å². The summed E-state index contributed by atoms with van der Waals surface area (Å²) in [5.41, 5.74) is 0.378. The molecule has 0 saturated carbocycles. The van der Waals surface area contributed by atoms with Crippen LogP contribution in [-0.4, -0.2) is 40.0 Å². The smallest absolute Gasteiger partial charge is 0.415 e. The van der Waals surface area contributed by atoms with E-state index in [0.717, 1.165) is 6.20 Å². The van der Waals surface area contributed by atoms with Gasteiger partial charge in [0.25, 0.3) is 0 Å². The molecule has 0 aliphatic rings. The van der Waals surface area contributed by atoms with E-state index < -0.39 is 24.8 Å². The highest BCUT2D eigenvalue weighted by atomic mass is 19.4. The Morgan fingerprint density at radius 1 is 1.44 bits per heavy atom. The van der Waals surface area contributed by atoms with Crippen molar-refractivity contribution in [1.29, 1.82) is 0 Å². The molecule has 0 aliphatic heterocycles. The minimum Gasteiger partial charge on any atom is -0.478 e. The molecule has 5 nitrogen and oxygen atoms in total. The van der Waals surface area contributed by atoms with Crippen LogP contribution in [0.25, 0.3) is 0 Å². The van der Waals surface area contributed by atoms with E-state index in [1.54, 1.807) is 0 Å². The van der Waals surface area contributed by atoms with Gasteiger partial charge in [-0.2, -0.15) is 13.2 Å². The van der Waals surface area contributed by atoms with Crippen LogP contribution in [0.4, 0.5) is 13.2 Å². The standard InChI is InChI=1S/C10H11F3N2O3/c11-10(12,13)8(16)5-14-4-7-2-1-6(3-15-7)9(17)18/h1-3,8,14,16H,4-5H2,(H,17,18). The quantitative estimate of drug-likeness (QED) is 0.732. The van der Waals surface area contributed by atoms with Gasteiger partial charge in [0.15, 0.2) is 6.10 Å². The van der Waals surface area contributed by atoms with Crippen molar-refractivity contribution in [3.63, 3.8) is 0 Å². The Labute approximate surface area is 100 Å². The third-order valence-electron chi connectivity index (χ3n) is 2.09. The summed E-state index contributed by atoms with van der Waals surface area (Å²) in [7, 11) is 0. The van der Waals surface area contributed by atoms with Gasteiger partial charge >= 0.3 is 12.1 Å². The van der Waals surface area contributed by atoms with Crippen LogP contribution in [0.1, 0.15) is 16.1 Å². The van der Waals surface area contributed by atoms with Crippen molar-refractivity contribution in [2.24, 2.45) is 0 Å². The molecule has 1 unspecified atom stereocenters. The summed E-state index contributed by atoms with van der Waals surface area (Å²) in [4.78, 5) is 14.3. The Kier molecular flexibility index (Phi) is 4.62. The lowest BCUT2D eigenvalue weighted by Gasteiger charge is -2.14. The number of nitrogens with zero attached hydrogens (tertiary/aromatic N) is 1. The molecule has 100 valence electrons. The van der Waals surface area contributed by atoms with Crippen molar-refractivity contribution in [3.05, 3.63) is 29.6 Å². The Balaban J connectivity index is 2.43. The first-order chi connectivity index (χ1) is 8.30. The summed E-state index contributed by atoms with van der Waals surface area (Å²) in [5, 5.41) is 19.7. The fourth-order valence-corrected chi connectivity index (χ4v) is 1.11. The van der Waals surface area contributed by atoms with Gasteiger partial charge in [0.05, 0.1) is 11.3 Å². The first-order valence-electron chi connectivity index (χ1n) is 4.94. The van der Waals surface area contributed by atoms with Crippen LogP contribution in [0, 0.1) is 0 Å². The number of aliphatic hydroxyl groups is 1. The minimum absolute atomic E-state index is 0.00548. The Bertz CT molecular complexity index is 406. The highest BCUT2D eigenvalue weighted by Crippen LogP contribution is 2.19. The Morgan fingerprint density at radius 2 is 2.11 bits per heavy atom. The zero-order chi connectivity index (χ0) is 13.8. The monoisotopic (exact) mass is 264 g/mol. The number of carboxylic acids is 1. The van der Waals surface area contributed by atoms with Gasteiger partial charge in [-0.1, -0.05) is 0 Å². The molecular formula is C10H11F3N2O3. The molecule has 1 atom stereocenters. The van der Waals surface area contributed by atoms with Gasteiger partial charge in [0.1, 0.15) is 0 Å². The van der Waals surface area contributed by atoms with E-state index in [-0.39, 0.29) is 12.1 Å². The van der Waals surface area contributed by atoms with Gasteiger partial charge in [-0.3, -0.25) is 4.98 Å². The van der Waals surface area contributed by atoms with Crippen LogP contribution in [0.2, 0.25) is 0 Å². The van der Waals surface area contributed by atoms with Crippen LogP contribution in [0.15, 0.2) is 18.3 Å². The molecule has 0 amide bonds. The second-order valence-electron chi connectivity index (χ2n) is 3.53. The third-order valence-corrected chi connectivity index (χ3v) is 2.09. The number of rotatable bonds is 5. The van der Waals surface area contributed by atoms with Gasteiger partial charge in [-0.15, -0.1) is 0 Å². The van der Waals surface area contributed by atoms with Crippen LogP contribution >= 0.6 is 0 Å². The van der Waals surface area contributed by atoms with Crippen molar-refractivity contribution in [1.82, 2.24) is 10.3 Å². The van der Waals surface area contributed by atoms with Crippen molar-refractivity contribution in [3.8, 4) is 0 Å². The maximum absolute atomic E-state index is 11.9. The molecule has 8 heteroatoms. The lowest BCUT2D eigenvalue weighted by atomic mass is 10.2. The third kappa shape index (κ3) is 4.30. The summed E-state index contributed by atoms with van der Waals surface area (Å²) in [6.45, 7) is -0.640. The molecule has 18 heavy (non-hydrogen) atoms. The molecule has 0 radical (unpaired) electrons. The van der Waals surface area contributed by atoms with Crippen molar-refractivity contribution in [2.45, 2.75) is 18.8 Å². The fraction of sp³-hybridized carbons (Fsp3) is 0.400. The number of aromatic nitrogens is 1. The maximum Gasteiger partial charge on any atom is 0.415 e. The van der Waals surface area contributed by atoms with Crippen LogP contribution in [0.3, 0.4) is 0 Å². The van der Waals surface area contributed by atoms with E-state index in [1.807, 2.05) is 0 Å². The number of carboxylic acid groups (broad SMARTS) is 1. The van der Waals surface area contributed by atoms with E-state index in [2.05, 4.69) is 10.3 Å². The first-order valence-corrected chi connectivity index (χ1v) is 4.94. The number of hydrogen-bond acceptors (Lipinski definition) is 4. The predicted molar refractivity (Wildman–Crippen MR) is 55.0 cm³/mol. The minimum atomic E-state index is -4.66.